The molecule has 2 atom stereocenters. The summed E-state index contributed by atoms with van der Waals surface area (Å²) < 4.78 is 11.2. The molecule has 0 aromatic rings. The minimum atomic E-state index is -0.811. The predicted molar refractivity (Wildman–Crippen MR) is 82.5 cm³/mol. The molecule has 0 aliphatic carbocycles. The molecule has 22 heavy (non-hydrogen) atoms. The zero-order chi connectivity index (χ0) is 16.7. The van der Waals surface area contributed by atoms with Gasteiger partial charge in [-0.3, -0.25) is 4.79 Å². The molecule has 0 N–H and O–H groups in total. The maximum atomic E-state index is 12.7. The van der Waals surface area contributed by atoms with Gasteiger partial charge in [0.15, 0.2) is 11.3 Å². The minimum absolute atomic E-state index is 0.0224. The topological polar surface area (TPSA) is 51.2 Å². The summed E-state index contributed by atoms with van der Waals surface area (Å²) in [6, 6.07) is 0. The van der Waals surface area contributed by atoms with Gasteiger partial charge in [-0.05, 0) is 32.3 Å². The summed E-state index contributed by atoms with van der Waals surface area (Å²) in [4.78, 5) is 20.5. The Labute approximate surface area is 132 Å². The summed E-state index contributed by atoms with van der Waals surface area (Å²) in [5.74, 6) is 0.580. The van der Waals surface area contributed by atoms with E-state index in [1.54, 1.807) is 9.96 Å². The second-order valence-electron chi connectivity index (χ2n) is 7.01. The molecule has 0 radical (unpaired) electrons. The number of likely N-dealkylation sites (N-methyl/N-ethyl adjacent to an activating group) is 1. The quantitative estimate of drug-likeness (QED) is 0.728. The van der Waals surface area contributed by atoms with Crippen molar-refractivity contribution in [2.75, 3.05) is 20.3 Å². The van der Waals surface area contributed by atoms with Crippen LogP contribution in [0.15, 0.2) is 11.8 Å². The summed E-state index contributed by atoms with van der Waals surface area (Å²) in [5.41, 5.74) is -0.952. The summed E-state index contributed by atoms with van der Waals surface area (Å²) in [6.07, 6.45) is 1.10. The number of carbonyl (C=O) groups is 1. The lowest BCUT2D eigenvalue weighted by Gasteiger charge is -2.37. The summed E-state index contributed by atoms with van der Waals surface area (Å²) >= 11 is 0. The highest BCUT2D eigenvalue weighted by molar-refractivity contribution is 5.90. The third kappa shape index (κ3) is 2.64. The van der Waals surface area contributed by atoms with Crippen molar-refractivity contribution >= 4 is 5.91 Å². The Morgan fingerprint density at radius 1 is 1.32 bits per heavy atom. The van der Waals surface area contributed by atoms with Crippen molar-refractivity contribution in [3.8, 4) is 0 Å². The number of fused-ring (bicyclic) bond motifs is 1. The average Bonchev–Trinajstić information content (AvgIpc) is 2.83. The molecule has 1 amide bonds. The minimum Gasteiger partial charge on any atom is -0.402 e. The third-order valence-electron chi connectivity index (χ3n) is 4.07. The number of nitrogens with zero attached hydrogens (tertiary/aromatic N) is 2. The fraction of sp³-hybridized carbons (Fsp3) is 0.812. The number of ether oxygens (including phenoxy) is 2. The van der Waals surface area contributed by atoms with E-state index >= 15 is 0 Å². The first kappa shape index (κ1) is 17.2. The van der Waals surface area contributed by atoms with Crippen LogP contribution in [0.25, 0.3) is 0 Å². The van der Waals surface area contributed by atoms with E-state index in [1.807, 2.05) is 33.9 Å². The summed E-state index contributed by atoms with van der Waals surface area (Å²) in [6.45, 7) is 13.0. The third-order valence-corrected chi connectivity index (χ3v) is 4.07. The molecular formula is C16H28N2O4. The van der Waals surface area contributed by atoms with Crippen LogP contribution < -0.4 is 0 Å². The van der Waals surface area contributed by atoms with E-state index in [9.17, 15) is 4.79 Å². The first-order chi connectivity index (χ1) is 10.2. The standard InChI is InChI=1S/C16H28N2O4/c1-8-20-12(21-9-2)11-10-16(6)14(19)17(7)13(15(3,4)5)18(16)22-11/h10,12-13H,8-9H2,1-7H3/t13-,16-/m0/s1. The Kier molecular flexibility index (Phi) is 4.57. The Balaban J connectivity index is 2.33. The molecule has 6 nitrogen and oxygen atoms in total. The molecule has 2 rings (SSSR count). The zero-order valence-corrected chi connectivity index (χ0v) is 14.7. The van der Waals surface area contributed by atoms with E-state index in [0.29, 0.717) is 19.0 Å². The van der Waals surface area contributed by atoms with Gasteiger partial charge >= 0.3 is 0 Å². The smallest absolute Gasteiger partial charge is 0.251 e. The van der Waals surface area contributed by atoms with E-state index < -0.39 is 11.8 Å². The molecule has 0 unspecified atom stereocenters. The van der Waals surface area contributed by atoms with E-state index in [1.165, 1.54) is 0 Å². The second kappa shape index (κ2) is 5.83. The number of hydrogen-bond donors (Lipinski definition) is 0. The first-order valence-corrected chi connectivity index (χ1v) is 7.87. The van der Waals surface area contributed by atoms with Gasteiger partial charge in [-0.25, -0.2) is 0 Å². The molecule has 1 fully saturated rings. The van der Waals surface area contributed by atoms with Crippen LogP contribution in [0.4, 0.5) is 0 Å². The Hall–Kier alpha value is -1.11. The predicted octanol–water partition coefficient (Wildman–Crippen LogP) is 2.12. The normalized spacial score (nSPS) is 29.1. The second-order valence-corrected chi connectivity index (χ2v) is 7.01. The van der Waals surface area contributed by atoms with Crippen molar-refractivity contribution < 1.29 is 19.1 Å². The molecule has 0 aromatic heterocycles. The van der Waals surface area contributed by atoms with Crippen LogP contribution in [0.3, 0.4) is 0 Å². The van der Waals surface area contributed by atoms with Crippen molar-refractivity contribution in [2.45, 2.75) is 59.5 Å². The molecule has 6 heteroatoms. The Morgan fingerprint density at radius 3 is 2.32 bits per heavy atom. The first-order valence-electron chi connectivity index (χ1n) is 7.87. The molecule has 0 bridgehead atoms. The molecule has 2 aliphatic heterocycles. The molecule has 0 saturated carbocycles. The van der Waals surface area contributed by atoms with E-state index in [-0.39, 0.29) is 17.5 Å². The number of rotatable bonds is 5. The van der Waals surface area contributed by atoms with Gasteiger partial charge in [-0.15, -0.1) is 5.06 Å². The summed E-state index contributed by atoms with van der Waals surface area (Å²) in [5, 5.41) is 1.77. The van der Waals surface area contributed by atoms with Crippen LogP contribution in [0.1, 0.15) is 41.5 Å². The highest BCUT2D eigenvalue weighted by Gasteiger charge is 2.61. The number of amides is 1. The molecule has 2 aliphatic rings. The molecule has 1 saturated heterocycles. The Morgan fingerprint density at radius 2 is 1.86 bits per heavy atom. The molecule has 126 valence electrons. The van der Waals surface area contributed by atoms with Crippen molar-refractivity contribution in [3.05, 3.63) is 11.8 Å². The molecule has 2 heterocycles. The van der Waals surface area contributed by atoms with Gasteiger partial charge in [0, 0.05) is 20.3 Å². The Bertz CT molecular complexity index is 465. The molecular weight excluding hydrogens is 284 g/mol. The van der Waals surface area contributed by atoms with Crippen LogP contribution in [0.2, 0.25) is 0 Å². The van der Waals surface area contributed by atoms with Crippen molar-refractivity contribution in [1.82, 2.24) is 9.96 Å². The van der Waals surface area contributed by atoms with Gasteiger partial charge in [0.2, 0.25) is 6.29 Å². The molecule has 0 aromatic carbocycles. The lowest BCUT2D eigenvalue weighted by molar-refractivity contribution is -0.225. The maximum Gasteiger partial charge on any atom is 0.251 e. The number of hydroxylamine groups is 2. The highest BCUT2D eigenvalue weighted by Crippen LogP contribution is 2.45. The van der Waals surface area contributed by atoms with Crippen LogP contribution in [0.5, 0.6) is 0 Å². The number of carbonyl (C=O) groups excluding carboxylic acids is 1. The van der Waals surface area contributed by atoms with Gasteiger partial charge in [-0.1, -0.05) is 20.8 Å². The lowest BCUT2D eigenvalue weighted by atomic mass is 9.91. The van der Waals surface area contributed by atoms with Gasteiger partial charge < -0.3 is 19.2 Å². The lowest BCUT2D eigenvalue weighted by Crippen LogP contribution is -2.48. The van der Waals surface area contributed by atoms with Gasteiger partial charge in [0.25, 0.3) is 5.91 Å². The monoisotopic (exact) mass is 312 g/mol. The summed E-state index contributed by atoms with van der Waals surface area (Å²) in [7, 11) is 1.82. The maximum absolute atomic E-state index is 12.7. The van der Waals surface area contributed by atoms with Gasteiger partial charge in [-0.2, -0.15) is 0 Å². The van der Waals surface area contributed by atoms with Crippen molar-refractivity contribution in [1.29, 1.82) is 0 Å². The van der Waals surface area contributed by atoms with E-state index in [4.69, 9.17) is 14.3 Å². The fourth-order valence-corrected chi connectivity index (χ4v) is 3.22. The molecule has 0 spiro atoms. The zero-order valence-electron chi connectivity index (χ0n) is 14.7. The largest absolute Gasteiger partial charge is 0.402 e. The van der Waals surface area contributed by atoms with Crippen LogP contribution in [-0.2, 0) is 19.1 Å². The van der Waals surface area contributed by atoms with Crippen LogP contribution >= 0.6 is 0 Å². The van der Waals surface area contributed by atoms with E-state index in [0.717, 1.165) is 0 Å². The van der Waals surface area contributed by atoms with Gasteiger partial charge in [0.05, 0.1) is 0 Å². The number of hydrogen-bond acceptors (Lipinski definition) is 5. The fourth-order valence-electron chi connectivity index (χ4n) is 3.22. The van der Waals surface area contributed by atoms with Crippen LogP contribution in [-0.4, -0.2) is 54.1 Å². The van der Waals surface area contributed by atoms with E-state index in [2.05, 4.69) is 20.8 Å². The average molecular weight is 312 g/mol. The van der Waals surface area contributed by atoms with Gasteiger partial charge in [0.1, 0.15) is 6.17 Å². The van der Waals surface area contributed by atoms with Crippen molar-refractivity contribution in [2.24, 2.45) is 5.41 Å². The van der Waals surface area contributed by atoms with Crippen molar-refractivity contribution in [3.63, 3.8) is 0 Å². The van der Waals surface area contributed by atoms with Crippen LogP contribution in [0, 0.1) is 5.41 Å². The SMILES string of the molecule is CCOC(OCC)C1=C[C@@]2(C)C(=O)N(C)[C@H](C(C)(C)C)N2O1. The highest BCUT2D eigenvalue weighted by atomic mass is 16.7.